The maximum atomic E-state index is 10.0. The highest BCUT2D eigenvalue weighted by molar-refractivity contribution is 6.17. The number of phenolic OH excluding ortho intramolecular Hbond substituents is 2. The molecule has 0 saturated carbocycles. The van der Waals surface area contributed by atoms with E-state index in [1.165, 1.54) is 12.1 Å². The zero-order valence-electron chi connectivity index (χ0n) is 10.7. The first-order valence-electron chi connectivity index (χ1n) is 6.29. The molecular weight excluding hydrogens is 252 g/mol. The molecule has 0 radical (unpaired) electrons. The van der Waals surface area contributed by atoms with E-state index in [0.29, 0.717) is 23.5 Å². The Hall–Kier alpha value is -2.75. The van der Waals surface area contributed by atoms with Crippen molar-refractivity contribution in [2.45, 2.75) is 0 Å². The second-order valence-corrected chi connectivity index (χ2v) is 4.60. The molecule has 100 valence electrons. The quantitative estimate of drug-likeness (QED) is 0.740. The molecule has 4 nitrogen and oxygen atoms in total. The minimum Gasteiger partial charge on any atom is -0.508 e. The predicted molar refractivity (Wildman–Crippen MR) is 78.9 cm³/mol. The average Bonchev–Trinajstić information content (AvgIpc) is 2.60. The van der Waals surface area contributed by atoms with Crippen LogP contribution in [0.1, 0.15) is 16.7 Å². The van der Waals surface area contributed by atoms with Crippen molar-refractivity contribution in [3.05, 3.63) is 65.2 Å². The van der Waals surface area contributed by atoms with Gasteiger partial charge in [-0.15, -0.1) is 0 Å². The number of aromatic hydroxyl groups is 2. The van der Waals surface area contributed by atoms with E-state index in [2.05, 4.69) is 4.99 Å². The second-order valence-electron chi connectivity index (χ2n) is 4.60. The highest BCUT2D eigenvalue weighted by Crippen LogP contribution is 2.29. The summed E-state index contributed by atoms with van der Waals surface area (Å²) in [7, 11) is 0. The largest absolute Gasteiger partial charge is 0.508 e. The summed E-state index contributed by atoms with van der Waals surface area (Å²) in [5, 5.41) is 19.4. The van der Waals surface area contributed by atoms with Crippen LogP contribution in [0.25, 0.3) is 5.70 Å². The average molecular weight is 266 g/mol. The van der Waals surface area contributed by atoms with Gasteiger partial charge in [-0.1, -0.05) is 24.3 Å². The Morgan fingerprint density at radius 3 is 2.45 bits per heavy atom. The number of benzene rings is 2. The number of phenols is 2. The van der Waals surface area contributed by atoms with Crippen molar-refractivity contribution in [1.29, 1.82) is 0 Å². The molecular formula is C16H14N2O2. The van der Waals surface area contributed by atoms with Gasteiger partial charge in [0.15, 0.2) is 0 Å². The van der Waals surface area contributed by atoms with E-state index in [4.69, 9.17) is 5.73 Å². The van der Waals surface area contributed by atoms with Crippen LogP contribution in [0.5, 0.6) is 11.5 Å². The van der Waals surface area contributed by atoms with Crippen LogP contribution >= 0.6 is 0 Å². The standard InChI is InChI=1S/C16H14N2O2/c17-14-7-8-18-16(12-4-2-1-3-11(12)14)13-6-5-10(19)9-15(13)20/h1-7,9,19-20H,8,17H2. The highest BCUT2D eigenvalue weighted by atomic mass is 16.3. The molecule has 0 spiro atoms. The van der Waals surface area contributed by atoms with Crippen molar-refractivity contribution in [2.75, 3.05) is 6.54 Å². The van der Waals surface area contributed by atoms with Crippen molar-refractivity contribution >= 4 is 11.4 Å². The SMILES string of the molecule is NC1=CCN=C(c2ccc(O)cc2O)c2ccccc21. The minimum atomic E-state index is -0.000903. The Morgan fingerprint density at radius 2 is 1.70 bits per heavy atom. The first-order chi connectivity index (χ1) is 9.66. The third-order valence-corrected chi connectivity index (χ3v) is 3.29. The van der Waals surface area contributed by atoms with Crippen molar-refractivity contribution in [3.63, 3.8) is 0 Å². The van der Waals surface area contributed by atoms with Gasteiger partial charge in [0.1, 0.15) is 11.5 Å². The fraction of sp³-hybridized carbons (Fsp3) is 0.0625. The number of aliphatic imine (C=N–C) groups is 1. The van der Waals surface area contributed by atoms with E-state index in [1.807, 2.05) is 30.3 Å². The Balaban J connectivity index is 2.20. The third kappa shape index (κ3) is 2.01. The van der Waals surface area contributed by atoms with Crippen LogP contribution in [0.3, 0.4) is 0 Å². The van der Waals surface area contributed by atoms with Crippen molar-refractivity contribution in [2.24, 2.45) is 10.7 Å². The number of rotatable bonds is 1. The molecule has 4 N–H and O–H groups in total. The summed E-state index contributed by atoms with van der Waals surface area (Å²) in [4.78, 5) is 4.49. The molecule has 2 aromatic carbocycles. The van der Waals surface area contributed by atoms with Gasteiger partial charge in [0.2, 0.25) is 0 Å². The lowest BCUT2D eigenvalue weighted by Crippen LogP contribution is -2.08. The summed E-state index contributed by atoms with van der Waals surface area (Å²) in [5.74, 6) is 0.0189. The molecule has 1 aliphatic rings. The second kappa shape index (κ2) is 4.74. The van der Waals surface area contributed by atoms with Crippen molar-refractivity contribution in [3.8, 4) is 11.5 Å². The molecule has 0 amide bonds. The van der Waals surface area contributed by atoms with Gasteiger partial charge >= 0.3 is 0 Å². The molecule has 1 heterocycles. The van der Waals surface area contributed by atoms with Crippen molar-refractivity contribution < 1.29 is 10.2 Å². The molecule has 0 aromatic heterocycles. The van der Waals surface area contributed by atoms with Gasteiger partial charge in [0.25, 0.3) is 0 Å². The molecule has 0 saturated heterocycles. The highest BCUT2D eigenvalue weighted by Gasteiger charge is 2.17. The van der Waals surface area contributed by atoms with Gasteiger partial charge in [-0.05, 0) is 18.2 Å². The lowest BCUT2D eigenvalue weighted by Gasteiger charge is -2.12. The minimum absolute atomic E-state index is 0.000903. The molecule has 0 atom stereocenters. The fourth-order valence-electron chi connectivity index (χ4n) is 2.32. The number of nitrogens with two attached hydrogens (primary N) is 1. The van der Waals surface area contributed by atoms with E-state index in [0.717, 1.165) is 11.1 Å². The maximum absolute atomic E-state index is 10.0. The van der Waals surface area contributed by atoms with Gasteiger partial charge in [0, 0.05) is 28.5 Å². The molecule has 20 heavy (non-hydrogen) atoms. The smallest absolute Gasteiger partial charge is 0.128 e. The van der Waals surface area contributed by atoms with E-state index in [9.17, 15) is 10.2 Å². The number of hydrogen-bond acceptors (Lipinski definition) is 4. The van der Waals surface area contributed by atoms with Crippen LogP contribution in [-0.4, -0.2) is 22.5 Å². The summed E-state index contributed by atoms with van der Waals surface area (Å²) < 4.78 is 0. The Labute approximate surface area is 116 Å². The molecule has 1 aliphatic heterocycles. The zero-order valence-corrected chi connectivity index (χ0v) is 10.7. The molecule has 4 heteroatoms. The van der Waals surface area contributed by atoms with E-state index >= 15 is 0 Å². The molecule has 0 aliphatic carbocycles. The van der Waals surface area contributed by atoms with E-state index in [1.54, 1.807) is 6.07 Å². The first kappa shape index (κ1) is 12.3. The van der Waals surface area contributed by atoms with Crippen LogP contribution < -0.4 is 5.73 Å². The van der Waals surface area contributed by atoms with Gasteiger partial charge in [-0.2, -0.15) is 0 Å². The van der Waals surface area contributed by atoms with E-state index < -0.39 is 0 Å². The van der Waals surface area contributed by atoms with Gasteiger partial charge in [0.05, 0.1) is 12.3 Å². The summed E-state index contributed by atoms with van der Waals surface area (Å²) in [5.41, 5.74) is 9.74. The van der Waals surface area contributed by atoms with Crippen LogP contribution in [-0.2, 0) is 0 Å². The Bertz CT molecular complexity index is 733. The van der Waals surface area contributed by atoms with Crippen LogP contribution in [0.2, 0.25) is 0 Å². The molecule has 3 rings (SSSR count). The van der Waals surface area contributed by atoms with E-state index in [-0.39, 0.29) is 11.5 Å². The summed E-state index contributed by atoms with van der Waals surface area (Å²) >= 11 is 0. The molecule has 0 unspecified atom stereocenters. The lowest BCUT2D eigenvalue weighted by atomic mass is 9.96. The first-order valence-corrected chi connectivity index (χ1v) is 6.29. The van der Waals surface area contributed by atoms with Gasteiger partial charge in [-0.3, -0.25) is 4.99 Å². The summed E-state index contributed by atoms with van der Waals surface area (Å²) in [6, 6.07) is 12.2. The topological polar surface area (TPSA) is 78.8 Å². The third-order valence-electron chi connectivity index (χ3n) is 3.29. The fourth-order valence-corrected chi connectivity index (χ4v) is 2.32. The zero-order chi connectivity index (χ0) is 14.1. The Morgan fingerprint density at radius 1 is 0.950 bits per heavy atom. The lowest BCUT2D eigenvalue weighted by molar-refractivity contribution is 0.450. The number of nitrogens with zero attached hydrogens (tertiary/aromatic N) is 1. The molecule has 0 fully saturated rings. The normalized spacial score (nSPS) is 14.0. The van der Waals surface area contributed by atoms with Crippen LogP contribution in [0.4, 0.5) is 0 Å². The number of hydrogen-bond donors (Lipinski definition) is 3. The monoisotopic (exact) mass is 266 g/mol. The number of fused-ring (bicyclic) bond motifs is 1. The van der Waals surface area contributed by atoms with Gasteiger partial charge < -0.3 is 15.9 Å². The van der Waals surface area contributed by atoms with Gasteiger partial charge in [-0.25, -0.2) is 0 Å². The van der Waals surface area contributed by atoms with Crippen molar-refractivity contribution in [1.82, 2.24) is 0 Å². The Kier molecular flexibility index (Phi) is 2.91. The summed E-state index contributed by atoms with van der Waals surface area (Å²) in [6.45, 7) is 0.455. The van der Waals surface area contributed by atoms with Crippen LogP contribution in [0.15, 0.2) is 53.5 Å². The predicted octanol–water partition coefficient (Wildman–Crippen LogP) is 2.25. The molecule has 0 bridgehead atoms. The summed E-state index contributed by atoms with van der Waals surface area (Å²) in [6.07, 6.45) is 1.85. The van der Waals surface area contributed by atoms with Crippen LogP contribution in [0, 0.1) is 0 Å². The maximum Gasteiger partial charge on any atom is 0.128 e. The molecule has 2 aromatic rings.